The first-order valence-electron chi connectivity index (χ1n) is 7.09. The molecule has 0 aliphatic rings. The summed E-state index contributed by atoms with van der Waals surface area (Å²) in [6.07, 6.45) is 2.30. The maximum absolute atomic E-state index is 6.39. The molecule has 0 saturated heterocycles. The molecule has 0 fully saturated rings. The Balaban J connectivity index is 4.56. The van der Waals surface area contributed by atoms with Gasteiger partial charge in [0.15, 0.2) is 8.38 Å². The van der Waals surface area contributed by atoms with Gasteiger partial charge >= 0.3 is 0 Å². The first-order valence-corrected chi connectivity index (χ1v) is 9.67. The second-order valence-electron chi connectivity index (χ2n) is 6.24. The van der Waals surface area contributed by atoms with Crippen LogP contribution in [0.15, 0.2) is 0 Å². The molecule has 0 heterocycles. The van der Waals surface area contributed by atoms with Crippen molar-refractivity contribution in [1.29, 1.82) is 0 Å². The van der Waals surface area contributed by atoms with E-state index in [1.165, 1.54) is 6.42 Å². The molecule has 1 unspecified atom stereocenters. The summed E-state index contributed by atoms with van der Waals surface area (Å²) in [5.41, 5.74) is 1.20. The minimum atomic E-state index is -0.789. The summed E-state index contributed by atoms with van der Waals surface area (Å²) in [5, 5.41) is 0.105. The van der Waals surface area contributed by atoms with Crippen molar-refractivity contribution in [1.82, 2.24) is 0 Å². The van der Waals surface area contributed by atoms with Gasteiger partial charge in [-0.2, -0.15) is 0 Å². The number of hydrogen-bond donors (Lipinski definition) is 0. The molecule has 2 nitrogen and oxygen atoms in total. The third kappa shape index (κ3) is 7.39. The lowest BCUT2D eigenvalue weighted by molar-refractivity contribution is 0.296. The van der Waals surface area contributed by atoms with Gasteiger partial charge in [0.25, 0.3) is 0 Å². The van der Waals surface area contributed by atoms with E-state index in [0.29, 0.717) is 11.3 Å². The molecule has 0 aromatic carbocycles. The van der Waals surface area contributed by atoms with Crippen LogP contribution in [0.5, 0.6) is 0 Å². The van der Waals surface area contributed by atoms with Crippen LogP contribution in [0.4, 0.5) is 0 Å². The molecule has 18 heavy (non-hydrogen) atoms. The van der Waals surface area contributed by atoms with E-state index in [9.17, 15) is 0 Å². The van der Waals surface area contributed by atoms with Crippen molar-refractivity contribution in [3.8, 4) is 0 Å². The molecule has 0 radical (unpaired) electrons. The largest absolute Gasteiger partial charge is 0.334 e. The Hall–Kier alpha value is 0.780. The normalized spacial score (nSPS) is 14.8. The van der Waals surface area contributed by atoms with Crippen LogP contribution in [0, 0.1) is 0 Å². The average molecular weight is 294 g/mol. The summed E-state index contributed by atoms with van der Waals surface area (Å²) in [5.74, 6) is 0. The molecule has 110 valence electrons. The lowest BCUT2D eigenvalue weighted by atomic mass is 10.3. The zero-order valence-corrected chi connectivity index (χ0v) is 15.3. The fraction of sp³-hybridized carbons (Fsp3) is 1.00. The van der Waals surface area contributed by atoms with E-state index in [0.717, 1.165) is 13.0 Å². The number of hydrogen-bond acceptors (Lipinski definition) is 2. The third-order valence-electron chi connectivity index (χ3n) is 2.44. The summed E-state index contributed by atoms with van der Waals surface area (Å²) in [6.45, 7) is 18.7. The van der Waals surface area contributed by atoms with Crippen molar-refractivity contribution in [2.75, 3.05) is 6.61 Å². The highest BCUT2D eigenvalue weighted by molar-refractivity contribution is 7.65. The maximum Gasteiger partial charge on any atom is 0.179 e. The number of unbranched alkanes of at least 4 members (excludes halogenated alkanes) is 1. The average Bonchev–Trinajstić information content (AvgIpc) is 2.20. The summed E-state index contributed by atoms with van der Waals surface area (Å²) in [6, 6.07) is 0. The van der Waals surface area contributed by atoms with E-state index < -0.39 is 16.5 Å². The van der Waals surface area contributed by atoms with E-state index in [4.69, 9.17) is 8.83 Å². The fourth-order valence-electron chi connectivity index (χ4n) is 1.50. The van der Waals surface area contributed by atoms with Gasteiger partial charge in [-0.3, -0.25) is 0 Å². The molecule has 0 amide bonds. The maximum atomic E-state index is 6.39. The van der Waals surface area contributed by atoms with Crippen molar-refractivity contribution >= 4 is 16.5 Å². The molecule has 0 bridgehead atoms. The van der Waals surface area contributed by atoms with Crippen LogP contribution in [0.1, 0.15) is 68.2 Å². The van der Waals surface area contributed by atoms with Gasteiger partial charge in [0.1, 0.15) is 0 Å². The lowest BCUT2D eigenvalue weighted by Gasteiger charge is -2.35. The van der Waals surface area contributed by atoms with Crippen molar-refractivity contribution in [2.45, 2.75) is 84.7 Å². The van der Waals surface area contributed by atoms with Crippen LogP contribution in [0.3, 0.4) is 0 Å². The molecule has 0 aromatic rings. The first kappa shape index (κ1) is 18.8. The molecule has 0 aliphatic carbocycles. The monoisotopic (exact) mass is 294 g/mol. The molecule has 0 saturated carbocycles. The van der Waals surface area contributed by atoms with E-state index in [2.05, 4.69) is 55.4 Å². The van der Waals surface area contributed by atoms with Crippen molar-refractivity contribution in [3.05, 3.63) is 0 Å². The Morgan fingerprint density at radius 3 is 1.83 bits per heavy atom. The molecule has 0 aromatic heterocycles. The van der Waals surface area contributed by atoms with Gasteiger partial charge in [-0.1, -0.05) is 61.8 Å². The summed E-state index contributed by atoms with van der Waals surface area (Å²) < 4.78 is 12.4. The molecular formula is C14H32O2P2. The zero-order valence-electron chi connectivity index (χ0n) is 13.5. The molecular weight excluding hydrogens is 262 g/mol. The molecule has 0 rings (SSSR count). The first-order chi connectivity index (χ1) is 8.20. The van der Waals surface area contributed by atoms with Crippen LogP contribution in [-0.2, 0) is 8.83 Å². The molecule has 1 atom stereocenters. The Morgan fingerprint density at radius 1 is 1.00 bits per heavy atom. The van der Waals surface area contributed by atoms with Gasteiger partial charge in [0.2, 0.25) is 0 Å². The van der Waals surface area contributed by atoms with Gasteiger partial charge in [-0.15, -0.1) is 0 Å². The van der Waals surface area contributed by atoms with Crippen molar-refractivity contribution in [3.63, 3.8) is 0 Å². The van der Waals surface area contributed by atoms with Crippen LogP contribution in [0.2, 0.25) is 0 Å². The minimum absolute atomic E-state index is 0.105. The molecule has 4 heteroatoms. The van der Waals surface area contributed by atoms with Crippen LogP contribution < -0.4 is 0 Å². The van der Waals surface area contributed by atoms with Crippen LogP contribution in [-0.4, -0.2) is 23.1 Å². The van der Waals surface area contributed by atoms with Gasteiger partial charge in [-0.25, -0.2) is 0 Å². The van der Waals surface area contributed by atoms with Crippen molar-refractivity contribution in [2.24, 2.45) is 0 Å². The quantitative estimate of drug-likeness (QED) is 0.395. The van der Waals surface area contributed by atoms with E-state index >= 15 is 0 Å². The third-order valence-corrected chi connectivity index (χ3v) is 7.34. The van der Waals surface area contributed by atoms with Crippen LogP contribution >= 0.6 is 16.5 Å². The highest BCUT2D eigenvalue weighted by Gasteiger charge is 2.32. The summed E-state index contributed by atoms with van der Waals surface area (Å²) in [7, 11) is -1.19. The summed E-state index contributed by atoms with van der Waals surface area (Å²) >= 11 is 0. The predicted octanol–water partition coefficient (Wildman–Crippen LogP) is 6.14. The molecule has 0 aliphatic heterocycles. The van der Waals surface area contributed by atoms with Gasteiger partial charge in [-0.05, 0) is 17.7 Å². The standard InChI is InChI=1S/C14H32O2P2/c1-9-10-11-15-18(14(6,7)8)16-17(12(2)3)13(4)5/h12-13H,9-11H2,1-8H3. The molecule has 0 spiro atoms. The van der Waals surface area contributed by atoms with Crippen LogP contribution in [0.25, 0.3) is 0 Å². The lowest BCUT2D eigenvalue weighted by Crippen LogP contribution is -2.16. The predicted molar refractivity (Wildman–Crippen MR) is 85.8 cm³/mol. The SMILES string of the molecule is CCCCOP(OP(C(C)C)C(C)C)C(C)(C)C. The van der Waals surface area contributed by atoms with Crippen molar-refractivity contribution < 1.29 is 8.83 Å². The van der Waals surface area contributed by atoms with E-state index in [1.807, 2.05) is 0 Å². The van der Waals surface area contributed by atoms with Gasteiger partial charge in [0.05, 0.1) is 6.61 Å². The minimum Gasteiger partial charge on any atom is -0.334 e. The highest BCUT2D eigenvalue weighted by Crippen LogP contribution is 2.63. The Kier molecular flexibility index (Phi) is 9.24. The number of rotatable bonds is 8. The highest BCUT2D eigenvalue weighted by atomic mass is 31.2. The van der Waals surface area contributed by atoms with E-state index in [-0.39, 0.29) is 5.16 Å². The zero-order chi connectivity index (χ0) is 14.3. The molecule has 0 N–H and O–H groups in total. The Bertz CT molecular complexity index is 204. The smallest absolute Gasteiger partial charge is 0.179 e. The Labute approximate surface area is 117 Å². The Morgan fingerprint density at radius 2 is 1.50 bits per heavy atom. The van der Waals surface area contributed by atoms with Gasteiger partial charge < -0.3 is 8.83 Å². The van der Waals surface area contributed by atoms with E-state index in [1.54, 1.807) is 0 Å². The fourth-order valence-corrected chi connectivity index (χ4v) is 6.74. The second-order valence-corrected chi connectivity index (χ2v) is 11.8. The van der Waals surface area contributed by atoms with Gasteiger partial charge in [0, 0.05) is 13.3 Å². The topological polar surface area (TPSA) is 18.5 Å². The second kappa shape index (κ2) is 8.85. The summed E-state index contributed by atoms with van der Waals surface area (Å²) in [4.78, 5) is 0.